The highest BCUT2D eigenvalue weighted by Gasteiger charge is 2.44. The molecule has 0 spiro atoms. The Labute approximate surface area is 274 Å². The number of aliphatic imine (C=N–C) groups is 1. The van der Waals surface area contributed by atoms with Gasteiger partial charge >= 0.3 is 6.09 Å². The maximum Gasteiger partial charge on any atom is 0.407 e. The van der Waals surface area contributed by atoms with E-state index in [2.05, 4.69) is 15.3 Å². The van der Waals surface area contributed by atoms with Gasteiger partial charge in [0.1, 0.15) is 6.10 Å². The molecule has 2 aliphatic rings. The highest BCUT2D eigenvalue weighted by atomic mass is 32.2. The number of ether oxygens (including phenoxy) is 3. The number of aliphatic hydroxyl groups is 2. The van der Waals surface area contributed by atoms with Gasteiger partial charge in [-0.1, -0.05) is 44.2 Å². The van der Waals surface area contributed by atoms with E-state index in [9.17, 15) is 28.5 Å². The van der Waals surface area contributed by atoms with Gasteiger partial charge in [-0.3, -0.25) is 4.99 Å². The summed E-state index contributed by atoms with van der Waals surface area (Å²) in [5.74, 6) is -0.311. The van der Waals surface area contributed by atoms with Crippen molar-refractivity contribution in [3.8, 4) is 5.88 Å². The summed E-state index contributed by atoms with van der Waals surface area (Å²) in [6.45, 7) is 5.93. The van der Waals surface area contributed by atoms with E-state index in [1.165, 1.54) is 16.4 Å². The lowest BCUT2D eigenvalue weighted by Crippen LogP contribution is -2.51. The van der Waals surface area contributed by atoms with Crippen LogP contribution < -0.4 is 5.32 Å². The van der Waals surface area contributed by atoms with Gasteiger partial charge in [0.15, 0.2) is 12.2 Å². The van der Waals surface area contributed by atoms with Crippen molar-refractivity contribution in [3.63, 3.8) is 0 Å². The number of nitrogens with zero attached hydrogens (tertiary/aromatic N) is 2. The quantitative estimate of drug-likeness (QED) is 0.161. The van der Waals surface area contributed by atoms with Crippen LogP contribution in [0.2, 0.25) is 0 Å². The molecule has 47 heavy (non-hydrogen) atoms. The summed E-state index contributed by atoms with van der Waals surface area (Å²) in [4.78, 5) is 20.2. The normalized spacial score (nSPS) is 21.3. The number of fused-ring (bicyclic) bond motifs is 2. The van der Waals surface area contributed by atoms with Gasteiger partial charge in [0.25, 0.3) is 0 Å². The molecule has 2 fully saturated rings. The predicted molar refractivity (Wildman–Crippen MR) is 175 cm³/mol. The summed E-state index contributed by atoms with van der Waals surface area (Å²) >= 11 is 0. The summed E-state index contributed by atoms with van der Waals surface area (Å²) in [7, 11) is -4.17. The molecule has 0 saturated carbocycles. The third-order valence-corrected chi connectivity index (χ3v) is 10.3. The lowest BCUT2D eigenvalue weighted by molar-refractivity contribution is -0.0907. The second-order valence-electron chi connectivity index (χ2n) is 12.4. The molecule has 256 valence electrons. The average molecular weight is 673 g/mol. The zero-order valence-electron chi connectivity index (χ0n) is 26.8. The van der Waals surface area contributed by atoms with Crippen LogP contribution in [0.5, 0.6) is 5.88 Å². The number of aromatic amines is 1. The van der Waals surface area contributed by atoms with Crippen molar-refractivity contribution in [1.82, 2.24) is 14.6 Å². The zero-order chi connectivity index (χ0) is 33.7. The molecule has 0 bridgehead atoms. The molecule has 14 heteroatoms. The fraction of sp³-hybridized carbons (Fsp3) is 0.515. The summed E-state index contributed by atoms with van der Waals surface area (Å²) < 4.78 is 46.4. The highest BCUT2D eigenvalue weighted by Crippen LogP contribution is 2.33. The molecule has 5 atom stereocenters. The van der Waals surface area contributed by atoms with Crippen LogP contribution in [-0.2, 0) is 30.7 Å². The fourth-order valence-corrected chi connectivity index (χ4v) is 7.81. The first-order chi connectivity index (χ1) is 22.5. The molecule has 5 N–H and O–H groups in total. The third-order valence-electron chi connectivity index (χ3n) is 8.47. The Bertz CT molecular complexity index is 1660. The minimum atomic E-state index is -4.17. The number of alkyl carbamates (subject to hydrolysis) is 1. The van der Waals surface area contributed by atoms with Gasteiger partial charge in [0.05, 0.1) is 54.9 Å². The Kier molecular flexibility index (Phi) is 11.2. The molecule has 3 aromatic rings. The number of carbonyl (C=O) groups is 1. The maximum absolute atomic E-state index is 14.2. The van der Waals surface area contributed by atoms with Crippen LogP contribution in [-0.4, -0.2) is 109 Å². The number of nitrogens with one attached hydrogen (secondary N) is 2. The highest BCUT2D eigenvalue weighted by molar-refractivity contribution is 7.89. The van der Waals surface area contributed by atoms with Crippen LogP contribution in [0.25, 0.3) is 10.9 Å². The first-order valence-corrected chi connectivity index (χ1v) is 17.3. The molecule has 2 saturated heterocycles. The maximum atomic E-state index is 14.2. The van der Waals surface area contributed by atoms with E-state index in [1.807, 2.05) is 44.2 Å². The number of amides is 1. The summed E-state index contributed by atoms with van der Waals surface area (Å²) in [6, 6.07) is 12.9. The number of carbonyl (C=O) groups excluding carboxylic acids is 1. The second-order valence-corrected chi connectivity index (χ2v) is 14.4. The Morgan fingerprint density at radius 3 is 2.66 bits per heavy atom. The Morgan fingerprint density at radius 1 is 1.17 bits per heavy atom. The van der Waals surface area contributed by atoms with Crippen molar-refractivity contribution < 1.29 is 42.7 Å². The van der Waals surface area contributed by atoms with Gasteiger partial charge in [0, 0.05) is 29.7 Å². The average Bonchev–Trinajstić information content (AvgIpc) is 3.74. The number of hydrogen-bond donors (Lipinski definition) is 5. The molecule has 2 aromatic carbocycles. The Balaban J connectivity index is 1.40. The SMILES string of the molecule is CC(=NCCO)c1c(O)[nH]c2ccc(S(=O)(=O)N(CC(C)C)CC(O)C(Cc3ccccc3)NC(=O)OC3COC4OCCC34)cc12. The summed E-state index contributed by atoms with van der Waals surface area (Å²) in [6.07, 6.45) is -1.97. The largest absolute Gasteiger partial charge is 0.494 e. The van der Waals surface area contributed by atoms with Crippen molar-refractivity contribution >= 4 is 32.7 Å². The van der Waals surface area contributed by atoms with Crippen LogP contribution in [0.1, 0.15) is 38.3 Å². The first-order valence-electron chi connectivity index (χ1n) is 15.9. The number of sulfonamides is 1. The standard InChI is InChI=1S/C33H44N4O9S/c1-20(2)17-37(47(42,43)23-9-10-26-25(16-23)30(31(40)35-26)21(3)34-12-13-38)18-28(39)27(15-22-7-5-4-6-8-22)36-33(41)46-29-19-45-32-24(29)11-14-44-32/h4-10,16,20,24,27-29,32,35,38-40H,11-15,17-19H2,1-3H3,(H,36,41). The molecule has 0 radical (unpaired) electrons. The number of aliphatic hydroxyl groups excluding tert-OH is 2. The molecule has 2 aliphatic heterocycles. The number of benzene rings is 2. The van der Waals surface area contributed by atoms with E-state index < -0.39 is 40.7 Å². The smallest absolute Gasteiger partial charge is 0.407 e. The third kappa shape index (κ3) is 8.13. The van der Waals surface area contributed by atoms with Gasteiger partial charge in [-0.25, -0.2) is 13.2 Å². The van der Waals surface area contributed by atoms with Gasteiger partial charge in [-0.05, 0) is 49.4 Å². The number of H-pyrrole nitrogens is 1. The minimum Gasteiger partial charge on any atom is -0.494 e. The van der Waals surface area contributed by atoms with E-state index in [0.717, 1.165) is 5.56 Å². The summed E-state index contributed by atoms with van der Waals surface area (Å²) in [5.41, 5.74) is 2.13. The van der Waals surface area contributed by atoms with Crippen LogP contribution >= 0.6 is 0 Å². The molecule has 3 heterocycles. The monoisotopic (exact) mass is 672 g/mol. The van der Waals surface area contributed by atoms with E-state index >= 15 is 0 Å². The molecule has 1 amide bonds. The number of rotatable bonds is 14. The predicted octanol–water partition coefficient (Wildman–Crippen LogP) is 2.78. The Hall–Kier alpha value is -3.53. The topological polar surface area (TPSA) is 183 Å². The van der Waals surface area contributed by atoms with E-state index in [0.29, 0.717) is 35.2 Å². The number of hydrogen-bond acceptors (Lipinski definition) is 10. The van der Waals surface area contributed by atoms with Crippen LogP contribution in [0, 0.1) is 11.8 Å². The van der Waals surface area contributed by atoms with Crippen molar-refractivity contribution in [2.45, 2.75) is 63.0 Å². The minimum absolute atomic E-state index is 0.0328. The fourth-order valence-electron chi connectivity index (χ4n) is 6.16. The molecular formula is C33H44N4O9S. The van der Waals surface area contributed by atoms with Gasteiger partial charge < -0.3 is 39.8 Å². The molecule has 5 rings (SSSR count). The number of aromatic hydroxyl groups is 1. The van der Waals surface area contributed by atoms with Crippen LogP contribution in [0.4, 0.5) is 4.79 Å². The van der Waals surface area contributed by atoms with Crippen molar-refractivity contribution in [2.24, 2.45) is 16.8 Å². The molecule has 1 aromatic heterocycles. The molecule has 0 aliphatic carbocycles. The number of aromatic nitrogens is 1. The Morgan fingerprint density at radius 2 is 1.94 bits per heavy atom. The van der Waals surface area contributed by atoms with Crippen LogP contribution in [0.15, 0.2) is 58.4 Å². The molecular weight excluding hydrogens is 628 g/mol. The van der Waals surface area contributed by atoms with Crippen LogP contribution in [0.3, 0.4) is 0 Å². The second kappa shape index (κ2) is 15.1. The molecule has 5 unspecified atom stereocenters. The van der Waals surface area contributed by atoms with Gasteiger partial charge in [-0.2, -0.15) is 4.31 Å². The molecule has 13 nitrogen and oxygen atoms in total. The van der Waals surface area contributed by atoms with Crippen molar-refractivity contribution in [2.75, 3.05) is 39.5 Å². The van der Waals surface area contributed by atoms with Gasteiger partial charge in [0.2, 0.25) is 10.0 Å². The van der Waals surface area contributed by atoms with E-state index in [-0.39, 0.29) is 61.9 Å². The van der Waals surface area contributed by atoms with Crippen molar-refractivity contribution in [1.29, 1.82) is 0 Å². The lowest BCUT2D eigenvalue weighted by atomic mass is 10.0. The van der Waals surface area contributed by atoms with E-state index in [1.54, 1.807) is 13.0 Å². The zero-order valence-corrected chi connectivity index (χ0v) is 27.7. The summed E-state index contributed by atoms with van der Waals surface area (Å²) in [5, 5.41) is 34.6. The van der Waals surface area contributed by atoms with E-state index in [4.69, 9.17) is 14.2 Å². The lowest BCUT2D eigenvalue weighted by Gasteiger charge is -2.31. The first kappa shape index (κ1) is 34.8. The van der Waals surface area contributed by atoms with Gasteiger partial charge in [-0.15, -0.1) is 0 Å². The van der Waals surface area contributed by atoms with Crippen molar-refractivity contribution in [3.05, 3.63) is 59.7 Å².